The summed E-state index contributed by atoms with van der Waals surface area (Å²) in [7, 11) is 0. The first-order valence-electron chi connectivity index (χ1n) is 4.04. The minimum atomic E-state index is -1.06. The third-order valence-corrected chi connectivity index (χ3v) is 3.09. The second-order valence-electron chi connectivity index (χ2n) is 3.58. The first-order chi connectivity index (χ1) is 5.89. The Bertz CT molecular complexity index is 277. The predicted molar refractivity (Wildman–Crippen MR) is 55.3 cm³/mol. The van der Waals surface area contributed by atoms with Crippen molar-refractivity contribution in [1.82, 2.24) is 0 Å². The Balaban J connectivity index is 2.60. The summed E-state index contributed by atoms with van der Waals surface area (Å²) in [4.78, 5) is 0.986. The third-order valence-electron chi connectivity index (χ3n) is 1.84. The zero-order valence-electron chi connectivity index (χ0n) is 7.62. The molecule has 2 nitrogen and oxygen atoms in total. The van der Waals surface area contributed by atoms with Crippen LogP contribution in [0.25, 0.3) is 0 Å². The van der Waals surface area contributed by atoms with Gasteiger partial charge in [-0.3, -0.25) is 0 Å². The summed E-state index contributed by atoms with van der Waals surface area (Å²) in [6, 6.07) is 3.65. The van der Waals surface area contributed by atoms with Gasteiger partial charge in [-0.2, -0.15) is 0 Å². The van der Waals surface area contributed by atoms with E-state index in [0.29, 0.717) is 10.8 Å². The Morgan fingerprint density at radius 1 is 1.54 bits per heavy atom. The second kappa shape index (κ2) is 3.96. The molecule has 0 aliphatic heterocycles. The lowest BCUT2D eigenvalue weighted by Crippen LogP contribution is -2.37. The molecule has 0 spiro atoms. The van der Waals surface area contributed by atoms with Crippen molar-refractivity contribution in [2.75, 3.05) is 0 Å². The van der Waals surface area contributed by atoms with Crippen LogP contribution in [0, 0.1) is 0 Å². The monoisotopic (exact) mass is 220 g/mol. The van der Waals surface area contributed by atoms with Gasteiger partial charge in [-0.25, -0.2) is 0 Å². The number of aliphatic hydroxyl groups excluding tert-OH is 1. The standard InChI is InChI=1S/C9H13ClO2S/c1-9(2,12)7(11)5-6-3-4-8(10)13-6/h3-4,7,11-12H,5H2,1-2H3. The molecule has 0 aliphatic rings. The van der Waals surface area contributed by atoms with E-state index in [1.165, 1.54) is 11.3 Å². The van der Waals surface area contributed by atoms with Gasteiger partial charge in [0.05, 0.1) is 16.0 Å². The lowest BCUT2D eigenvalue weighted by atomic mass is 9.99. The zero-order chi connectivity index (χ0) is 10.1. The molecule has 74 valence electrons. The predicted octanol–water partition coefficient (Wildman–Crippen LogP) is 2.08. The van der Waals surface area contributed by atoms with Crippen molar-refractivity contribution in [2.24, 2.45) is 0 Å². The number of thiophene rings is 1. The summed E-state index contributed by atoms with van der Waals surface area (Å²) >= 11 is 7.16. The van der Waals surface area contributed by atoms with E-state index >= 15 is 0 Å². The molecule has 13 heavy (non-hydrogen) atoms. The van der Waals surface area contributed by atoms with Gasteiger partial charge in [-0.15, -0.1) is 11.3 Å². The van der Waals surface area contributed by atoms with Crippen LogP contribution in [0.1, 0.15) is 18.7 Å². The number of halogens is 1. The van der Waals surface area contributed by atoms with E-state index in [1.807, 2.05) is 6.07 Å². The number of hydrogen-bond donors (Lipinski definition) is 2. The highest BCUT2D eigenvalue weighted by Crippen LogP contribution is 2.24. The van der Waals surface area contributed by atoms with Gasteiger partial charge >= 0.3 is 0 Å². The van der Waals surface area contributed by atoms with Gasteiger partial charge in [-0.05, 0) is 26.0 Å². The van der Waals surface area contributed by atoms with Gasteiger partial charge in [0, 0.05) is 11.3 Å². The molecule has 1 aromatic rings. The van der Waals surface area contributed by atoms with Gasteiger partial charge in [0.2, 0.25) is 0 Å². The van der Waals surface area contributed by atoms with Crippen LogP contribution in [-0.2, 0) is 6.42 Å². The molecule has 1 aromatic heterocycles. The highest BCUT2D eigenvalue weighted by molar-refractivity contribution is 7.16. The van der Waals surface area contributed by atoms with Crippen LogP contribution in [-0.4, -0.2) is 21.9 Å². The summed E-state index contributed by atoms with van der Waals surface area (Å²) in [6.07, 6.45) is -0.303. The minimum absolute atomic E-state index is 0.445. The maximum absolute atomic E-state index is 9.56. The Kier molecular flexibility index (Phi) is 3.35. The Morgan fingerprint density at radius 3 is 2.54 bits per heavy atom. The normalized spacial score (nSPS) is 14.5. The molecule has 0 fully saturated rings. The van der Waals surface area contributed by atoms with Gasteiger partial charge < -0.3 is 10.2 Å². The van der Waals surface area contributed by atoms with Crippen LogP contribution in [0.15, 0.2) is 12.1 Å². The quantitative estimate of drug-likeness (QED) is 0.819. The van der Waals surface area contributed by atoms with Crippen molar-refractivity contribution < 1.29 is 10.2 Å². The largest absolute Gasteiger partial charge is 0.390 e. The maximum Gasteiger partial charge on any atom is 0.0931 e. The van der Waals surface area contributed by atoms with E-state index in [4.69, 9.17) is 11.6 Å². The molecule has 4 heteroatoms. The summed E-state index contributed by atoms with van der Waals surface area (Å²) in [5, 5.41) is 19.0. The van der Waals surface area contributed by atoms with Crippen LogP contribution >= 0.6 is 22.9 Å². The second-order valence-corrected chi connectivity index (χ2v) is 5.38. The summed E-state index contributed by atoms with van der Waals surface area (Å²) in [5.74, 6) is 0. The molecule has 0 radical (unpaired) electrons. The molecule has 1 heterocycles. The van der Waals surface area contributed by atoms with Gasteiger partial charge in [0.1, 0.15) is 0 Å². The summed E-state index contributed by atoms with van der Waals surface area (Å²) < 4.78 is 0.706. The average molecular weight is 221 g/mol. The number of aliphatic hydroxyl groups is 2. The maximum atomic E-state index is 9.56. The minimum Gasteiger partial charge on any atom is -0.390 e. The molecule has 2 N–H and O–H groups in total. The Morgan fingerprint density at radius 2 is 2.15 bits per heavy atom. The Labute approximate surface area is 86.8 Å². The van der Waals surface area contributed by atoms with E-state index in [1.54, 1.807) is 19.9 Å². The molecule has 0 amide bonds. The number of rotatable bonds is 3. The molecule has 1 rings (SSSR count). The van der Waals surface area contributed by atoms with Crippen molar-refractivity contribution >= 4 is 22.9 Å². The smallest absolute Gasteiger partial charge is 0.0931 e. The van der Waals surface area contributed by atoms with Crippen LogP contribution in [0.2, 0.25) is 4.34 Å². The van der Waals surface area contributed by atoms with Crippen LogP contribution in [0.4, 0.5) is 0 Å². The molecule has 0 aliphatic carbocycles. The van der Waals surface area contributed by atoms with E-state index < -0.39 is 11.7 Å². The van der Waals surface area contributed by atoms with E-state index in [-0.39, 0.29) is 0 Å². The molecule has 0 saturated carbocycles. The van der Waals surface area contributed by atoms with E-state index in [0.717, 1.165) is 4.88 Å². The van der Waals surface area contributed by atoms with Crippen molar-refractivity contribution in [3.8, 4) is 0 Å². The van der Waals surface area contributed by atoms with Crippen LogP contribution < -0.4 is 0 Å². The van der Waals surface area contributed by atoms with Crippen LogP contribution in [0.5, 0.6) is 0 Å². The molecule has 1 atom stereocenters. The fourth-order valence-electron chi connectivity index (χ4n) is 0.902. The summed E-state index contributed by atoms with van der Waals surface area (Å²) in [6.45, 7) is 3.18. The van der Waals surface area contributed by atoms with Crippen molar-refractivity contribution in [2.45, 2.75) is 32.0 Å². The van der Waals surface area contributed by atoms with Crippen molar-refractivity contribution in [3.05, 3.63) is 21.3 Å². The van der Waals surface area contributed by atoms with Gasteiger partial charge in [0.15, 0.2) is 0 Å². The first kappa shape index (κ1) is 11.0. The van der Waals surface area contributed by atoms with E-state index in [9.17, 15) is 10.2 Å². The molecule has 0 saturated heterocycles. The highest BCUT2D eigenvalue weighted by Gasteiger charge is 2.24. The number of hydrogen-bond acceptors (Lipinski definition) is 3. The van der Waals surface area contributed by atoms with Crippen LogP contribution in [0.3, 0.4) is 0 Å². The molecular formula is C9H13ClO2S. The fourth-order valence-corrected chi connectivity index (χ4v) is 2.03. The molecule has 1 unspecified atom stereocenters. The van der Waals surface area contributed by atoms with Crippen molar-refractivity contribution in [1.29, 1.82) is 0 Å². The molecule has 0 aromatic carbocycles. The molecule has 0 bridgehead atoms. The van der Waals surface area contributed by atoms with E-state index in [2.05, 4.69) is 0 Å². The lowest BCUT2D eigenvalue weighted by molar-refractivity contribution is -0.0465. The lowest BCUT2D eigenvalue weighted by Gasteiger charge is -2.23. The van der Waals surface area contributed by atoms with Crippen molar-refractivity contribution in [3.63, 3.8) is 0 Å². The SMILES string of the molecule is CC(C)(O)C(O)Cc1ccc(Cl)s1. The molecular weight excluding hydrogens is 208 g/mol. The van der Waals surface area contributed by atoms with Gasteiger partial charge in [0.25, 0.3) is 0 Å². The Hall–Kier alpha value is -0.0900. The van der Waals surface area contributed by atoms with Gasteiger partial charge in [-0.1, -0.05) is 11.6 Å². The topological polar surface area (TPSA) is 40.5 Å². The average Bonchev–Trinajstić information content (AvgIpc) is 2.33. The first-order valence-corrected chi connectivity index (χ1v) is 5.23. The highest BCUT2D eigenvalue weighted by atomic mass is 35.5. The summed E-state index contributed by atoms with van der Waals surface area (Å²) in [5.41, 5.74) is -1.06. The fraction of sp³-hybridized carbons (Fsp3) is 0.556. The third kappa shape index (κ3) is 3.27. The zero-order valence-corrected chi connectivity index (χ0v) is 9.19.